The van der Waals surface area contributed by atoms with Crippen molar-refractivity contribution in [2.75, 3.05) is 6.54 Å². The number of hydrogen-bond acceptors (Lipinski definition) is 2. The Balaban J connectivity index is 1.86. The van der Waals surface area contributed by atoms with Crippen LogP contribution in [-0.2, 0) is 0 Å². The van der Waals surface area contributed by atoms with Crippen molar-refractivity contribution in [3.8, 4) is 0 Å². The van der Waals surface area contributed by atoms with Crippen molar-refractivity contribution < 1.29 is 13.9 Å². The Morgan fingerprint density at radius 3 is 2.56 bits per heavy atom. The monoisotopic (exact) mass is 255 g/mol. The second-order valence-electron chi connectivity index (χ2n) is 4.93. The predicted octanol–water partition coefficient (Wildman–Crippen LogP) is 2.92. The van der Waals surface area contributed by atoms with E-state index in [0.717, 1.165) is 25.0 Å². The summed E-state index contributed by atoms with van der Waals surface area (Å²) in [5, 5.41) is 13.2. The lowest BCUT2D eigenvalue weighted by Gasteiger charge is -2.24. The van der Waals surface area contributed by atoms with Crippen molar-refractivity contribution in [3.63, 3.8) is 0 Å². The number of halogens is 2. The molecule has 2 N–H and O–H groups in total. The average Bonchev–Trinajstić information content (AvgIpc) is 2.40. The molecule has 0 saturated heterocycles. The zero-order chi connectivity index (χ0) is 13.0. The average molecular weight is 255 g/mol. The minimum absolute atomic E-state index is 0.385. The second kappa shape index (κ2) is 6.25. The van der Waals surface area contributed by atoms with Crippen LogP contribution in [0.1, 0.15) is 43.8 Å². The van der Waals surface area contributed by atoms with Gasteiger partial charge in [0.05, 0.1) is 6.10 Å². The Kier molecular flexibility index (Phi) is 4.66. The first kappa shape index (κ1) is 13.4. The SMILES string of the molecule is OC(CNC1CCCCC1)c1ccc(F)c(F)c1. The van der Waals surface area contributed by atoms with E-state index in [0.29, 0.717) is 18.2 Å². The second-order valence-corrected chi connectivity index (χ2v) is 4.93. The highest BCUT2D eigenvalue weighted by molar-refractivity contribution is 5.20. The first-order valence-electron chi connectivity index (χ1n) is 6.53. The third-order valence-electron chi connectivity index (χ3n) is 3.53. The summed E-state index contributed by atoms with van der Waals surface area (Å²) in [5.74, 6) is -1.80. The Morgan fingerprint density at radius 1 is 1.17 bits per heavy atom. The van der Waals surface area contributed by atoms with E-state index in [2.05, 4.69) is 5.32 Å². The molecule has 100 valence electrons. The first-order valence-corrected chi connectivity index (χ1v) is 6.53. The van der Waals surface area contributed by atoms with Gasteiger partial charge in [-0.3, -0.25) is 0 Å². The van der Waals surface area contributed by atoms with Crippen LogP contribution in [0.4, 0.5) is 8.78 Å². The first-order chi connectivity index (χ1) is 8.66. The highest BCUT2D eigenvalue weighted by Crippen LogP contribution is 2.19. The molecular weight excluding hydrogens is 236 g/mol. The van der Waals surface area contributed by atoms with Crippen molar-refractivity contribution in [2.45, 2.75) is 44.2 Å². The number of benzene rings is 1. The maximum atomic E-state index is 13.0. The Labute approximate surface area is 106 Å². The van der Waals surface area contributed by atoms with Gasteiger partial charge in [-0.05, 0) is 30.5 Å². The smallest absolute Gasteiger partial charge is 0.159 e. The summed E-state index contributed by atoms with van der Waals surface area (Å²) in [5.41, 5.74) is 0.414. The van der Waals surface area contributed by atoms with Crippen LogP contribution in [0, 0.1) is 11.6 Å². The van der Waals surface area contributed by atoms with E-state index in [9.17, 15) is 13.9 Å². The zero-order valence-corrected chi connectivity index (χ0v) is 10.3. The summed E-state index contributed by atoms with van der Waals surface area (Å²) in [7, 11) is 0. The molecule has 0 aromatic heterocycles. The summed E-state index contributed by atoms with van der Waals surface area (Å²) in [6.07, 6.45) is 5.19. The summed E-state index contributed by atoms with van der Waals surface area (Å²) in [4.78, 5) is 0. The quantitative estimate of drug-likeness (QED) is 0.867. The molecule has 0 spiro atoms. The molecule has 0 heterocycles. The molecule has 1 aromatic carbocycles. The van der Waals surface area contributed by atoms with Crippen LogP contribution < -0.4 is 5.32 Å². The molecule has 0 bridgehead atoms. The number of aliphatic hydroxyl groups is 1. The van der Waals surface area contributed by atoms with Gasteiger partial charge in [0, 0.05) is 12.6 Å². The largest absolute Gasteiger partial charge is 0.387 e. The van der Waals surface area contributed by atoms with Crippen LogP contribution in [0.3, 0.4) is 0 Å². The summed E-state index contributed by atoms with van der Waals surface area (Å²) in [6.45, 7) is 0.385. The van der Waals surface area contributed by atoms with Gasteiger partial charge in [-0.1, -0.05) is 25.3 Å². The lowest BCUT2D eigenvalue weighted by atomic mass is 9.95. The van der Waals surface area contributed by atoms with Crippen molar-refractivity contribution in [1.82, 2.24) is 5.32 Å². The Hall–Kier alpha value is -1.00. The van der Waals surface area contributed by atoms with Gasteiger partial charge in [0.2, 0.25) is 0 Å². The lowest BCUT2D eigenvalue weighted by molar-refractivity contribution is 0.165. The van der Waals surface area contributed by atoms with Crippen LogP contribution in [0.5, 0.6) is 0 Å². The molecule has 1 fully saturated rings. The number of nitrogens with one attached hydrogen (secondary N) is 1. The van der Waals surface area contributed by atoms with Gasteiger partial charge in [0.25, 0.3) is 0 Å². The molecule has 1 aliphatic carbocycles. The number of aliphatic hydroxyl groups excluding tert-OH is 1. The van der Waals surface area contributed by atoms with Crippen LogP contribution in [0.25, 0.3) is 0 Å². The topological polar surface area (TPSA) is 32.3 Å². The van der Waals surface area contributed by atoms with Crippen molar-refractivity contribution in [1.29, 1.82) is 0 Å². The molecule has 18 heavy (non-hydrogen) atoms. The minimum atomic E-state index is -0.913. The zero-order valence-electron chi connectivity index (χ0n) is 10.3. The van der Waals surface area contributed by atoms with Crippen LogP contribution in [0.15, 0.2) is 18.2 Å². The van der Waals surface area contributed by atoms with E-state index in [4.69, 9.17) is 0 Å². The molecular formula is C14H19F2NO. The van der Waals surface area contributed by atoms with Crippen LogP contribution in [0.2, 0.25) is 0 Å². The van der Waals surface area contributed by atoms with Gasteiger partial charge in [-0.25, -0.2) is 8.78 Å². The maximum Gasteiger partial charge on any atom is 0.159 e. The van der Waals surface area contributed by atoms with E-state index in [-0.39, 0.29) is 0 Å². The molecule has 1 saturated carbocycles. The fraction of sp³-hybridized carbons (Fsp3) is 0.571. The van der Waals surface area contributed by atoms with E-state index in [1.807, 2.05) is 0 Å². The molecule has 1 unspecified atom stereocenters. The van der Waals surface area contributed by atoms with E-state index in [1.165, 1.54) is 25.3 Å². The van der Waals surface area contributed by atoms with E-state index < -0.39 is 17.7 Å². The van der Waals surface area contributed by atoms with Gasteiger partial charge < -0.3 is 10.4 Å². The fourth-order valence-electron chi connectivity index (χ4n) is 2.42. The third kappa shape index (κ3) is 3.50. The number of rotatable bonds is 4. The van der Waals surface area contributed by atoms with Crippen molar-refractivity contribution >= 4 is 0 Å². The molecule has 0 radical (unpaired) electrons. The lowest BCUT2D eigenvalue weighted by Crippen LogP contribution is -2.34. The molecule has 2 rings (SSSR count). The minimum Gasteiger partial charge on any atom is -0.387 e. The summed E-state index contributed by atoms with van der Waals surface area (Å²) >= 11 is 0. The van der Waals surface area contributed by atoms with Crippen LogP contribution >= 0.6 is 0 Å². The van der Waals surface area contributed by atoms with Gasteiger partial charge >= 0.3 is 0 Å². The normalized spacial score (nSPS) is 18.8. The molecule has 2 nitrogen and oxygen atoms in total. The Morgan fingerprint density at radius 2 is 1.89 bits per heavy atom. The van der Waals surface area contributed by atoms with Gasteiger partial charge in [-0.15, -0.1) is 0 Å². The maximum absolute atomic E-state index is 13.0. The molecule has 4 heteroatoms. The predicted molar refractivity (Wildman–Crippen MR) is 66.2 cm³/mol. The molecule has 0 amide bonds. The summed E-state index contributed by atoms with van der Waals surface area (Å²) in [6, 6.07) is 3.97. The highest BCUT2D eigenvalue weighted by atomic mass is 19.2. The molecule has 1 aromatic rings. The highest BCUT2D eigenvalue weighted by Gasteiger charge is 2.16. The fourth-order valence-corrected chi connectivity index (χ4v) is 2.42. The van der Waals surface area contributed by atoms with Gasteiger partial charge in [0.1, 0.15) is 0 Å². The number of hydrogen-bond donors (Lipinski definition) is 2. The van der Waals surface area contributed by atoms with E-state index in [1.54, 1.807) is 0 Å². The standard InChI is InChI=1S/C14H19F2NO/c15-12-7-6-10(8-13(12)16)14(18)9-17-11-4-2-1-3-5-11/h6-8,11,14,17-18H,1-5,9H2. The van der Waals surface area contributed by atoms with E-state index >= 15 is 0 Å². The summed E-state index contributed by atoms with van der Waals surface area (Å²) < 4.78 is 25.8. The Bertz CT molecular complexity index is 391. The van der Waals surface area contributed by atoms with Gasteiger partial charge in [0.15, 0.2) is 11.6 Å². The molecule has 1 atom stereocenters. The van der Waals surface area contributed by atoms with Crippen molar-refractivity contribution in [3.05, 3.63) is 35.4 Å². The van der Waals surface area contributed by atoms with Crippen LogP contribution in [-0.4, -0.2) is 17.7 Å². The third-order valence-corrected chi connectivity index (χ3v) is 3.53. The van der Waals surface area contributed by atoms with Crippen molar-refractivity contribution in [2.24, 2.45) is 0 Å². The molecule has 1 aliphatic rings. The molecule has 0 aliphatic heterocycles. The van der Waals surface area contributed by atoms with Gasteiger partial charge in [-0.2, -0.15) is 0 Å².